The Bertz CT molecular complexity index is 683. The summed E-state index contributed by atoms with van der Waals surface area (Å²) in [4.78, 5) is 24.8. The lowest BCUT2D eigenvalue weighted by Crippen LogP contribution is -2.21. The lowest BCUT2D eigenvalue weighted by atomic mass is 10.2. The Kier molecular flexibility index (Phi) is 6.23. The molecule has 0 radical (unpaired) electrons. The van der Waals surface area contributed by atoms with Crippen molar-refractivity contribution in [3.05, 3.63) is 59.7 Å². The van der Waals surface area contributed by atoms with E-state index in [9.17, 15) is 9.59 Å². The fourth-order valence-corrected chi connectivity index (χ4v) is 2.75. The maximum atomic E-state index is 12.1. The molecule has 4 nitrogen and oxygen atoms in total. The van der Waals surface area contributed by atoms with Crippen molar-refractivity contribution in [1.82, 2.24) is 0 Å². The average molecular weight is 329 g/mol. The molecule has 23 heavy (non-hydrogen) atoms. The molecule has 0 spiro atoms. The molecule has 1 amide bonds. The lowest BCUT2D eigenvalue weighted by molar-refractivity contribution is -0.119. The van der Waals surface area contributed by atoms with Gasteiger partial charge in [-0.05, 0) is 36.9 Å². The van der Waals surface area contributed by atoms with Gasteiger partial charge in [0, 0.05) is 10.6 Å². The van der Waals surface area contributed by atoms with Crippen molar-refractivity contribution in [1.29, 1.82) is 0 Å². The Balaban J connectivity index is 1.91. The summed E-state index contributed by atoms with van der Waals surface area (Å²) in [6, 6.07) is 14.7. The highest BCUT2D eigenvalue weighted by Crippen LogP contribution is 2.22. The Hall–Kier alpha value is -2.27. The molecule has 0 aliphatic heterocycles. The van der Waals surface area contributed by atoms with E-state index in [0.29, 0.717) is 11.3 Å². The number of hydrogen-bond acceptors (Lipinski definition) is 4. The van der Waals surface area contributed by atoms with E-state index in [4.69, 9.17) is 4.74 Å². The van der Waals surface area contributed by atoms with Crippen molar-refractivity contribution in [3.8, 4) is 0 Å². The van der Waals surface area contributed by atoms with Gasteiger partial charge in [-0.1, -0.05) is 36.8 Å². The first-order valence-corrected chi connectivity index (χ1v) is 8.34. The number of hydrogen-bond donors (Lipinski definition) is 1. The summed E-state index contributed by atoms with van der Waals surface area (Å²) in [6.45, 7) is 3.68. The number of carbonyl (C=O) groups is 2. The number of rotatable bonds is 6. The number of carbonyl (C=O) groups excluding carboxylic acids is 2. The third-order valence-corrected chi connectivity index (χ3v) is 4.03. The molecular formula is C18H19NO3S. The molecular weight excluding hydrogens is 310 g/mol. The molecule has 2 rings (SSSR count). The van der Waals surface area contributed by atoms with Crippen LogP contribution >= 0.6 is 11.8 Å². The Morgan fingerprint density at radius 2 is 1.78 bits per heavy atom. The van der Waals surface area contributed by atoms with E-state index >= 15 is 0 Å². The van der Waals surface area contributed by atoms with Crippen LogP contribution in [0.2, 0.25) is 0 Å². The van der Waals surface area contributed by atoms with Crippen molar-refractivity contribution < 1.29 is 14.3 Å². The molecule has 0 aromatic heterocycles. The van der Waals surface area contributed by atoms with Crippen LogP contribution in [0, 0.1) is 6.92 Å². The average Bonchev–Trinajstić information content (AvgIpc) is 2.56. The van der Waals surface area contributed by atoms with Crippen LogP contribution in [-0.2, 0) is 9.53 Å². The van der Waals surface area contributed by atoms with E-state index < -0.39 is 5.97 Å². The fraction of sp³-hybridized carbons (Fsp3) is 0.222. The molecule has 0 heterocycles. The number of anilines is 1. The largest absolute Gasteiger partial charge is 0.452 e. The SMILES string of the molecule is CCSc1ccccc1C(=O)OCC(=O)Nc1ccc(C)cc1. The third-order valence-electron chi connectivity index (χ3n) is 3.08. The summed E-state index contributed by atoms with van der Waals surface area (Å²) in [7, 11) is 0. The number of aryl methyl sites for hydroxylation is 1. The quantitative estimate of drug-likeness (QED) is 0.645. The number of thioether (sulfide) groups is 1. The van der Waals surface area contributed by atoms with Crippen LogP contribution in [0.3, 0.4) is 0 Å². The number of ether oxygens (including phenoxy) is 1. The summed E-state index contributed by atoms with van der Waals surface area (Å²) in [5.74, 6) is 0.0153. The predicted molar refractivity (Wildman–Crippen MR) is 92.9 cm³/mol. The molecule has 0 atom stereocenters. The van der Waals surface area contributed by atoms with Gasteiger partial charge in [0.05, 0.1) is 5.56 Å². The molecule has 1 N–H and O–H groups in total. The van der Waals surface area contributed by atoms with Gasteiger partial charge in [-0.25, -0.2) is 4.79 Å². The molecule has 2 aromatic carbocycles. The number of benzene rings is 2. The number of amides is 1. The van der Waals surface area contributed by atoms with Gasteiger partial charge in [0.2, 0.25) is 0 Å². The van der Waals surface area contributed by atoms with Crippen LogP contribution in [0.15, 0.2) is 53.4 Å². The minimum atomic E-state index is -0.486. The molecule has 0 fully saturated rings. The molecule has 5 heteroatoms. The Morgan fingerprint density at radius 3 is 2.48 bits per heavy atom. The van der Waals surface area contributed by atoms with Crippen LogP contribution < -0.4 is 5.32 Å². The zero-order valence-electron chi connectivity index (χ0n) is 13.2. The number of esters is 1. The highest BCUT2D eigenvalue weighted by Gasteiger charge is 2.14. The molecule has 0 saturated carbocycles. The van der Waals surface area contributed by atoms with Crippen LogP contribution in [0.4, 0.5) is 5.69 Å². The highest BCUT2D eigenvalue weighted by molar-refractivity contribution is 7.99. The van der Waals surface area contributed by atoms with Crippen LogP contribution in [-0.4, -0.2) is 24.2 Å². The monoisotopic (exact) mass is 329 g/mol. The molecule has 0 bridgehead atoms. The minimum Gasteiger partial charge on any atom is -0.452 e. The van der Waals surface area contributed by atoms with Crippen molar-refractivity contribution in [2.75, 3.05) is 17.7 Å². The highest BCUT2D eigenvalue weighted by atomic mass is 32.2. The van der Waals surface area contributed by atoms with Gasteiger partial charge in [0.25, 0.3) is 5.91 Å². The van der Waals surface area contributed by atoms with E-state index in [0.717, 1.165) is 16.2 Å². The smallest absolute Gasteiger partial charge is 0.339 e. The second-order valence-corrected chi connectivity index (χ2v) is 6.23. The van der Waals surface area contributed by atoms with Gasteiger partial charge in [-0.2, -0.15) is 0 Å². The van der Waals surface area contributed by atoms with E-state index in [1.807, 2.05) is 50.2 Å². The van der Waals surface area contributed by atoms with E-state index in [1.165, 1.54) is 0 Å². The van der Waals surface area contributed by atoms with Crippen molar-refractivity contribution >= 4 is 29.3 Å². The van der Waals surface area contributed by atoms with Crippen LogP contribution in [0.5, 0.6) is 0 Å². The van der Waals surface area contributed by atoms with Gasteiger partial charge in [0.1, 0.15) is 0 Å². The molecule has 2 aromatic rings. The molecule has 0 aliphatic rings. The summed E-state index contributed by atoms with van der Waals surface area (Å²) < 4.78 is 5.11. The van der Waals surface area contributed by atoms with Gasteiger partial charge in [0.15, 0.2) is 6.61 Å². The van der Waals surface area contributed by atoms with E-state index in [-0.39, 0.29) is 12.5 Å². The Morgan fingerprint density at radius 1 is 1.09 bits per heavy atom. The maximum absolute atomic E-state index is 12.1. The maximum Gasteiger partial charge on any atom is 0.339 e. The normalized spacial score (nSPS) is 10.2. The first-order valence-electron chi connectivity index (χ1n) is 7.35. The standard InChI is InChI=1S/C18H19NO3S/c1-3-23-16-7-5-4-6-15(16)18(21)22-12-17(20)19-14-10-8-13(2)9-11-14/h4-11H,3,12H2,1-2H3,(H,19,20). The Labute approximate surface area is 140 Å². The van der Waals surface area contributed by atoms with Gasteiger partial charge >= 0.3 is 5.97 Å². The van der Waals surface area contributed by atoms with Gasteiger partial charge < -0.3 is 10.1 Å². The molecule has 0 unspecified atom stereocenters. The molecule has 0 saturated heterocycles. The van der Waals surface area contributed by atoms with Crippen LogP contribution in [0.25, 0.3) is 0 Å². The van der Waals surface area contributed by atoms with E-state index in [1.54, 1.807) is 23.9 Å². The summed E-state index contributed by atoms with van der Waals surface area (Å²) in [5.41, 5.74) is 2.28. The predicted octanol–water partition coefficient (Wildman–Crippen LogP) is 3.90. The topological polar surface area (TPSA) is 55.4 Å². The second kappa shape index (κ2) is 8.39. The second-order valence-electron chi connectivity index (χ2n) is 4.92. The molecule has 0 aliphatic carbocycles. The summed E-state index contributed by atoms with van der Waals surface area (Å²) >= 11 is 1.57. The number of nitrogens with one attached hydrogen (secondary N) is 1. The van der Waals surface area contributed by atoms with Gasteiger partial charge in [-0.15, -0.1) is 11.8 Å². The zero-order valence-corrected chi connectivity index (χ0v) is 14.0. The first kappa shape index (κ1) is 17.1. The first-order chi connectivity index (χ1) is 11.1. The van der Waals surface area contributed by atoms with Gasteiger partial charge in [-0.3, -0.25) is 4.79 Å². The lowest BCUT2D eigenvalue weighted by Gasteiger charge is -2.09. The van der Waals surface area contributed by atoms with Crippen molar-refractivity contribution in [2.24, 2.45) is 0 Å². The third kappa shape index (κ3) is 5.14. The summed E-state index contributed by atoms with van der Waals surface area (Å²) in [5, 5.41) is 2.69. The van der Waals surface area contributed by atoms with E-state index in [2.05, 4.69) is 5.32 Å². The van der Waals surface area contributed by atoms with Crippen LogP contribution in [0.1, 0.15) is 22.8 Å². The summed E-state index contributed by atoms with van der Waals surface area (Å²) in [6.07, 6.45) is 0. The van der Waals surface area contributed by atoms with Crippen molar-refractivity contribution in [2.45, 2.75) is 18.7 Å². The minimum absolute atomic E-state index is 0.308. The van der Waals surface area contributed by atoms with Crippen molar-refractivity contribution in [3.63, 3.8) is 0 Å². The fourth-order valence-electron chi connectivity index (χ4n) is 1.96. The zero-order chi connectivity index (χ0) is 16.7. The molecule has 120 valence electrons.